The van der Waals surface area contributed by atoms with Gasteiger partial charge in [-0.3, -0.25) is 0 Å². The Kier molecular flexibility index (Phi) is 8.36. The van der Waals surface area contributed by atoms with E-state index in [1.54, 1.807) is 0 Å². The molecule has 1 unspecified atom stereocenters. The molecule has 0 bridgehead atoms. The van der Waals surface area contributed by atoms with Crippen molar-refractivity contribution in [3.05, 3.63) is 23.3 Å². The predicted octanol–water partition coefficient (Wildman–Crippen LogP) is 4.95. The van der Waals surface area contributed by atoms with E-state index in [9.17, 15) is 0 Å². The molecular weight excluding hydrogens is 301 g/mol. The predicted molar refractivity (Wildman–Crippen MR) is 95.0 cm³/mol. The topological polar surface area (TPSA) is 30.5 Å². The summed E-state index contributed by atoms with van der Waals surface area (Å²) in [5.41, 5.74) is 2.71. The SMILES string of the molecule is CC(C)=CCC/C(C)=C/COP1(=S)N[C@@H](CC(C)C)CO1. The van der Waals surface area contributed by atoms with Crippen LogP contribution < -0.4 is 5.09 Å². The summed E-state index contributed by atoms with van der Waals surface area (Å²) in [7, 11) is 0. The Morgan fingerprint density at radius 1 is 1.38 bits per heavy atom. The van der Waals surface area contributed by atoms with Crippen LogP contribution in [0.25, 0.3) is 0 Å². The fraction of sp³-hybridized carbons (Fsp3) is 0.750. The monoisotopic (exact) mass is 331 g/mol. The second-order valence-corrected chi connectivity index (χ2v) is 9.63. The molecule has 3 nitrogen and oxygen atoms in total. The van der Waals surface area contributed by atoms with Gasteiger partial charge in [0.2, 0.25) is 0 Å². The molecule has 0 aliphatic carbocycles. The molecule has 5 heteroatoms. The average Bonchev–Trinajstić information content (AvgIpc) is 2.69. The van der Waals surface area contributed by atoms with Crippen molar-refractivity contribution in [2.75, 3.05) is 13.2 Å². The Morgan fingerprint density at radius 3 is 2.71 bits per heavy atom. The highest BCUT2D eigenvalue weighted by atomic mass is 32.5. The van der Waals surface area contributed by atoms with Gasteiger partial charge in [-0.1, -0.05) is 37.1 Å². The molecule has 0 radical (unpaired) electrons. The van der Waals surface area contributed by atoms with Gasteiger partial charge >= 0.3 is 0 Å². The second-order valence-electron chi connectivity index (χ2n) is 6.42. The number of hydrogen-bond acceptors (Lipinski definition) is 3. The van der Waals surface area contributed by atoms with Crippen LogP contribution in [-0.2, 0) is 20.9 Å². The van der Waals surface area contributed by atoms with Crippen molar-refractivity contribution in [2.45, 2.75) is 59.9 Å². The molecule has 0 saturated carbocycles. The molecule has 21 heavy (non-hydrogen) atoms. The molecule has 1 aliphatic heterocycles. The lowest BCUT2D eigenvalue weighted by atomic mass is 10.1. The smallest absolute Gasteiger partial charge is 0.261 e. The highest BCUT2D eigenvalue weighted by Crippen LogP contribution is 2.49. The second kappa shape index (κ2) is 9.22. The van der Waals surface area contributed by atoms with Crippen LogP contribution in [0.3, 0.4) is 0 Å². The zero-order valence-electron chi connectivity index (χ0n) is 14.0. The highest BCUT2D eigenvalue weighted by molar-refractivity contribution is 8.09. The first kappa shape index (κ1) is 19.1. The van der Waals surface area contributed by atoms with Crippen LogP contribution >= 0.6 is 6.64 Å². The molecule has 1 fully saturated rings. The summed E-state index contributed by atoms with van der Waals surface area (Å²) in [5, 5.41) is 3.37. The molecule has 0 aromatic heterocycles. The Labute approximate surface area is 135 Å². The van der Waals surface area contributed by atoms with Crippen molar-refractivity contribution >= 4 is 18.4 Å². The molecule has 1 heterocycles. The highest BCUT2D eigenvalue weighted by Gasteiger charge is 2.31. The van der Waals surface area contributed by atoms with E-state index in [-0.39, 0.29) is 0 Å². The van der Waals surface area contributed by atoms with Gasteiger partial charge in [0.1, 0.15) is 0 Å². The maximum Gasteiger partial charge on any atom is 0.261 e. The van der Waals surface area contributed by atoms with E-state index in [1.165, 1.54) is 11.1 Å². The van der Waals surface area contributed by atoms with Gasteiger partial charge in [0.15, 0.2) is 0 Å². The minimum Gasteiger partial charge on any atom is -0.316 e. The van der Waals surface area contributed by atoms with Crippen LogP contribution in [0.1, 0.15) is 53.9 Å². The number of allylic oxidation sites excluding steroid dienone is 3. The van der Waals surface area contributed by atoms with E-state index in [1.807, 2.05) is 0 Å². The third-order valence-corrected chi connectivity index (χ3v) is 5.92. The molecule has 1 saturated heterocycles. The third kappa shape index (κ3) is 8.27. The summed E-state index contributed by atoms with van der Waals surface area (Å²) in [5.74, 6) is 0.643. The molecule has 1 rings (SSSR count). The fourth-order valence-corrected chi connectivity index (χ4v) is 4.53. The first-order valence-corrected chi connectivity index (χ1v) is 10.4. The van der Waals surface area contributed by atoms with E-state index in [2.05, 4.69) is 51.9 Å². The lowest BCUT2D eigenvalue weighted by molar-refractivity contribution is 0.281. The lowest BCUT2D eigenvalue weighted by Crippen LogP contribution is -2.23. The quantitative estimate of drug-likeness (QED) is 0.503. The Morgan fingerprint density at radius 2 is 2.10 bits per heavy atom. The molecule has 1 aliphatic rings. The van der Waals surface area contributed by atoms with E-state index >= 15 is 0 Å². The first-order chi connectivity index (χ1) is 9.81. The lowest BCUT2D eigenvalue weighted by Gasteiger charge is -2.16. The normalized spacial score (nSPS) is 26.4. The summed E-state index contributed by atoms with van der Waals surface area (Å²) < 4.78 is 11.5. The summed E-state index contributed by atoms with van der Waals surface area (Å²) >= 11 is 5.49. The van der Waals surface area contributed by atoms with Crippen LogP contribution in [0, 0.1) is 5.92 Å². The third-order valence-electron chi connectivity index (χ3n) is 3.31. The Bertz CT molecular complexity index is 428. The zero-order valence-corrected chi connectivity index (χ0v) is 15.7. The van der Waals surface area contributed by atoms with Crippen molar-refractivity contribution < 1.29 is 9.05 Å². The van der Waals surface area contributed by atoms with Crippen molar-refractivity contribution in [1.29, 1.82) is 0 Å². The minimum atomic E-state index is -2.25. The molecule has 2 atom stereocenters. The summed E-state index contributed by atoms with van der Waals surface area (Å²) in [6.45, 7) is 9.79. The molecule has 122 valence electrons. The number of hydrogen-bond donors (Lipinski definition) is 1. The first-order valence-electron chi connectivity index (χ1n) is 7.76. The van der Waals surface area contributed by atoms with Gasteiger partial charge in [-0.25, -0.2) is 5.09 Å². The van der Waals surface area contributed by atoms with Crippen molar-refractivity contribution in [2.24, 2.45) is 5.92 Å². The van der Waals surface area contributed by atoms with Gasteiger partial charge in [0, 0.05) is 6.04 Å². The minimum absolute atomic E-state index is 0.346. The van der Waals surface area contributed by atoms with Gasteiger partial charge in [-0.05, 0) is 57.8 Å². The summed E-state index contributed by atoms with van der Waals surface area (Å²) in [6.07, 6.45) is 7.62. The van der Waals surface area contributed by atoms with E-state index in [0.717, 1.165) is 19.3 Å². The standard InChI is InChI=1S/C16H30NO2PS/c1-13(2)7-6-8-15(5)9-10-18-20(21)17-16(12-19-20)11-14(3)4/h7,9,14,16H,6,8,10-12H2,1-5H3,(H,17,21)/b15-9+/t16-,20?/m0/s1. The fourth-order valence-electron chi connectivity index (χ4n) is 2.22. The summed E-state index contributed by atoms with van der Waals surface area (Å²) in [4.78, 5) is 0. The molecule has 0 spiro atoms. The Hall–Kier alpha value is 0.01000. The maximum absolute atomic E-state index is 5.80. The van der Waals surface area contributed by atoms with Crippen molar-refractivity contribution in [3.8, 4) is 0 Å². The van der Waals surface area contributed by atoms with Crippen LogP contribution in [0.5, 0.6) is 0 Å². The van der Waals surface area contributed by atoms with Gasteiger partial charge in [0.25, 0.3) is 6.64 Å². The van der Waals surface area contributed by atoms with E-state index < -0.39 is 6.64 Å². The van der Waals surface area contributed by atoms with E-state index in [4.69, 9.17) is 20.9 Å². The van der Waals surface area contributed by atoms with Crippen LogP contribution in [-0.4, -0.2) is 19.3 Å². The van der Waals surface area contributed by atoms with Gasteiger partial charge in [-0.2, -0.15) is 0 Å². The molecule has 0 aromatic rings. The number of nitrogens with one attached hydrogen (secondary N) is 1. The average molecular weight is 331 g/mol. The molecule has 1 N–H and O–H groups in total. The van der Waals surface area contributed by atoms with Gasteiger partial charge in [0.05, 0.1) is 13.2 Å². The maximum atomic E-state index is 5.80. The van der Waals surface area contributed by atoms with Crippen LogP contribution in [0.2, 0.25) is 0 Å². The zero-order chi connectivity index (χ0) is 15.9. The molecule has 0 amide bonds. The van der Waals surface area contributed by atoms with Crippen molar-refractivity contribution in [3.63, 3.8) is 0 Å². The van der Waals surface area contributed by atoms with Crippen LogP contribution in [0.4, 0.5) is 0 Å². The molecular formula is C16H30NO2PS. The number of rotatable bonds is 8. The molecule has 0 aromatic carbocycles. The van der Waals surface area contributed by atoms with Gasteiger partial charge < -0.3 is 9.05 Å². The van der Waals surface area contributed by atoms with Gasteiger partial charge in [-0.15, -0.1) is 0 Å². The Balaban J connectivity index is 2.31. The van der Waals surface area contributed by atoms with Crippen molar-refractivity contribution in [1.82, 2.24) is 5.09 Å². The van der Waals surface area contributed by atoms with E-state index in [0.29, 0.717) is 25.2 Å². The van der Waals surface area contributed by atoms with Crippen LogP contribution in [0.15, 0.2) is 23.3 Å². The summed E-state index contributed by atoms with van der Waals surface area (Å²) in [6, 6.07) is 0.346. The largest absolute Gasteiger partial charge is 0.316 e.